The number of likely N-dealkylation sites (tertiary alicyclic amines) is 1. The standard InChI is InChI=1S/C31H29FN4O5/c32-23-17-21-28-30(27(23)33-26(37)7-10-34-8-3-4-9-34)41-25-16-20-6-2-1-5-19(20)15-24(25)36(28)18-22(29(21)38)31(39)35-11-13-40-14-12-35/h1-2,5-6,15-18H,3-4,7-14H2,(H,33,37). The Kier molecular flexibility index (Phi) is 6.44. The zero-order valence-electron chi connectivity index (χ0n) is 22.5. The van der Waals surface area contributed by atoms with Crippen LogP contribution in [0, 0.1) is 5.82 Å². The molecule has 4 heterocycles. The fourth-order valence-corrected chi connectivity index (χ4v) is 5.98. The number of benzene rings is 3. The number of morpholine rings is 1. The largest absolute Gasteiger partial charge is 0.451 e. The molecule has 0 spiro atoms. The number of carbonyl (C=O) groups is 2. The molecule has 3 aromatic carbocycles. The maximum atomic E-state index is 15.8. The second kappa shape index (κ2) is 10.3. The van der Waals surface area contributed by atoms with Gasteiger partial charge in [-0.2, -0.15) is 0 Å². The molecule has 0 atom stereocenters. The van der Waals surface area contributed by atoms with Gasteiger partial charge in [-0.3, -0.25) is 14.4 Å². The quantitative estimate of drug-likeness (QED) is 0.347. The molecule has 3 aliphatic heterocycles. The van der Waals surface area contributed by atoms with Crippen molar-refractivity contribution in [2.24, 2.45) is 0 Å². The van der Waals surface area contributed by atoms with Crippen molar-refractivity contribution in [3.05, 3.63) is 70.3 Å². The lowest BCUT2D eigenvalue weighted by Gasteiger charge is -2.29. The fourth-order valence-electron chi connectivity index (χ4n) is 5.98. The highest BCUT2D eigenvalue weighted by atomic mass is 19.1. The Balaban J connectivity index is 1.38. The van der Waals surface area contributed by atoms with Crippen LogP contribution in [0.4, 0.5) is 10.1 Å². The van der Waals surface area contributed by atoms with Gasteiger partial charge < -0.3 is 29.2 Å². The summed E-state index contributed by atoms with van der Waals surface area (Å²) in [5.41, 5.74) is 0.131. The molecule has 0 radical (unpaired) electrons. The van der Waals surface area contributed by atoms with Crippen LogP contribution in [-0.2, 0) is 9.53 Å². The molecule has 41 heavy (non-hydrogen) atoms. The summed E-state index contributed by atoms with van der Waals surface area (Å²) < 4.78 is 29.1. The number of hydrogen-bond acceptors (Lipinski definition) is 6. The first-order valence-corrected chi connectivity index (χ1v) is 14.0. The van der Waals surface area contributed by atoms with Gasteiger partial charge in [0.05, 0.1) is 24.3 Å². The third-order valence-electron chi connectivity index (χ3n) is 8.14. The van der Waals surface area contributed by atoms with Gasteiger partial charge in [0.15, 0.2) is 17.3 Å². The molecule has 0 bridgehead atoms. The lowest BCUT2D eigenvalue weighted by Crippen LogP contribution is -2.42. The molecule has 4 aromatic rings. The highest BCUT2D eigenvalue weighted by Gasteiger charge is 2.31. The van der Waals surface area contributed by atoms with Gasteiger partial charge >= 0.3 is 0 Å². The van der Waals surface area contributed by atoms with Gasteiger partial charge in [0.1, 0.15) is 16.8 Å². The molecule has 10 heteroatoms. The maximum absolute atomic E-state index is 15.8. The maximum Gasteiger partial charge on any atom is 0.259 e. The number of pyridine rings is 1. The van der Waals surface area contributed by atoms with Crippen LogP contribution in [0.1, 0.15) is 29.6 Å². The minimum Gasteiger partial charge on any atom is -0.451 e. The predicted octanol–water partition coefficient (Wildman–Crippen LogP) is 4.29. The van der Waals surface area contributed by atoms with Crippen molar-refractivity contribution in [1.82, 2.24) is 14.4 Å². The lowest BCUT2D eigenvalue weighted by atomic mass is 10.0. The van der Waals surface area contributed by atoms with E-state index in [1.807, 2.05) is 36.4 Å². The Morgan fingerprint density at radius 2 is 1.71 bits per heavy atom. The summed E-state index contributed by atoms with van der Waals surface area (Å²) in [4.78, 5) is 44.0. The van der Waals surface area contributed by atoms with Crippen LogP contribution in [0.5, 0.6) is 11.5 Å². The van der Waals surface area contributed by atoms with Crippen LogP contribution in [0.3, 0.4) is 0 Å². The summed E-state index contributed by atoms with van der Waals surface area (Å²) in [6, 6.07) is 12.6. The van der Waals surface area contributed by atoms with Gasteiger partial charge in [0, 0.05) is 32.3 Å². The van der Waals surface area contributed by atoms with Crippen LogP contribution in [0.15, 0.2) is 53.5 Å². The van der Waals surface area contributed by atoms with Gasteiger partial charge in [0.2, 0.25) is 11.3 Å². The number of rotatable bonds is 5. The van der Waals surface area contributed by atoms with Gasteiger partial charge in [-0.05, 0) is 54.9 Å². The molecule has 9 nitrogen and oxygen atoms in total. The summed E-state index contributed by atoms with van der Waals surface area (Å²) in [6.45, 7) is 3.99. The number of halogens is 1. The molecule has 1 aromatic heterocycles. The van der Waals surface area contributed by atoms with Crippen molar-refractivity contribution < 1.29 is 23.5 Å². The van der Waals surface area contributed by atoms with E-state index in [4.69, 9.17) is 9.47 Å². The fraction of sp³-hybridized carbons (Fsp3) is 0.323. The number of hydrogen-bond donors (Lipinski definition) is 1. The number of aromatic nitrogens is 1. The zero-order chi connectivity index (χ0) is 28.1. The lowest BCUT2D eigenvalue weighted by molar-refractivity contribution is -0.116. The van der Waals surface area contributed by atoms with E-state index in [0.717, 1.165) is 42.8 Å². The highest BCUT2D eigenvalue weighted by Crippen LogP contribution is 2.46. The number of amides is 2. The Morgan fingerprint density at radius 3 is 2.46 bits per heavy atom. The molecule has 7 rings (SSSR count). The van der Waals surface area contributed by atoms with Crippen molar-refractivity contribution in [1.29, 1.82) is 0 Å². The molecule has 2 amide bonds. The van der Waals surface area contributed by atoms with E-state index >= 15 is 4.39 Å². The number of fused-ring (bicyclic) bond motifs is 3. The summed E-state index contributed by atoms with van der Waals surface area (Å²) in [6.07, 6.45) is 3.94. The number of carbonyl (C=O) groups excluding carboxylic acids is 2. The van der Waals surface area contributed by atoms with Crippen LogP contribution >= 0.6 is 0 Å². The van der Waals surface area contributed by atoms with Crippen LogP contribution in [0.25, 0.3) is 27.4 Å². The topological polar surface area (TPSA) is 93.1 Å². The minimum atomic E-state index is -0.800. The van der Waals surface area contributed by atoms with E-state index in [1.165, 1.54) is 6.20 Å². The molecule has 0 aliphatic carbocycles. The van der Waals surface area contributed by atoms with E-state index in [1.54, 1.807) is 9.47 Å². The first-order valence-electron chi connectivity index (χ1n) is 14.0. The SMILES string of the molecule is O=C(CCN1CCCC1)Nc1c(F)cc2c(=O)c(C(=O)N3CCOCC3)cn3c2c1Oc1cc2ccccc2cc1-3. The number of anilines is 1. The molecule has 0 saturated carbocycles. The third-order valence-corrected chi connectivity index (χ3v) is 8.14. The van der Waals surface area contributed by atoms with E-state index in [0.29, 0.717) is 49.8 Å². The molecule has 2 fully saturated rings. The second-order valence-electron chi connectivity index (χ2n) is 10.7. The molecule has 1 N–H and O–H groups in total. The normalized spacial score (nSPS) is 16.6. The van der Waals surface area contributed by atoms with Gasteiger partial charge in [-0.25, -0.2) is 4.39 Å². The van der Waals surface area contributed by atoms with E-state index in [-0.39, 0.29) is 34.7 Å². The summed E-state index contributed by atoms with van der Waals surface area (Å²) in [7, 11) is 0. The molecule has 0 unspecified atom stereocenters. The van der Waals surface area contributed by atoms with E-state index < -0.39 is 17.2 Å². The van der Waals surface area contributed by atoms with Crippen molar-refractivity contribution >= 4 is 39.2 Å². The first kappa shape index (κ1) is 25.7. The van der Waals surface area contributed by atoms with Crippen molar-refractivity contribution in [3.8, 4) is 17.2 Å². The van der Waals surface area contributed by atoms with Crippen molar-refractivity contribution in [2.75, 3.05) is 51.3 Å². The molecular weight excluding hydrogens is 527 g/mol. The summed E-state index contributed by atoms with van der Waals surface area (Å²) >= 11 is 0. The van der Waals surface area contributed by atoms with E-state index in [9.17, 15) is 14.4 Å². The number of nitrogens with zero attached hydrogens (tertiary/aromatic N) is 3. The highest BCUT2D eigenvalue weighted by molar-refractivity contribution is 6.04. The van der Waals surface area contributed by atoms with Gasteiger partial charge in [-0.15, -0.1) is 0 Å². The summed E-state index contributed by atoms with van der Waals surface area (Å²) in [5.74, 6) is -1.11. The first-order chi connectivity index (χ1) is 20.0. The Morgan fingerprint density at radius 1 is 0.976 bits per heavy atom. The molecule has 2 saturated heterocycles. The van der Waals surface area contributed by atoms with Crippen molar-refractivity contribution in [2.45, 2.75) is 19.3 Å². The van der Waals surface area contributed by atoms with Gasteiger partial charge in [-0.1, -0.05) is 24.3 Å². The molecule has 3 aliphatic rings. The molecular formula is C31H29FN4O5. The van der Waals surface area contributed by atoms with Crippen molar-refractivity contribution in [3.63, 3.8) is 0 Å². The average Bonchev–Trinajstić information content (AvgIpc) is 3.52. The number of ether oxygens (including phenoxy) is 2. The minimum absolute atomic E-state index is 0.00508. The third kappa shape index (κ3) is 4.53. The Hall–Kier alpha value is -4.28. The average molecular weight is 557 g/mol. The number of nitrogens with one attached hydrogen (secondary N) is 1. The van der Waals surface area contributed by atoms with E-state index in [2.05, 4.69) is 10.2 Å². The van der Waals surface area contributed by atoms with Crippen LogP contribution < -0.4 is 15.5 Å². The monoisotopic (exact) mass is 556 g/mol. The van der Waals surface area contributed by atoms with Crippen LogP contribution in [-0.4, -0.2) is 72.1 Å². The van der Waals surface area contributed by atoms with Gasteiger partial charge in [0.25, 0.3) is 5.91 Å². The summed E-state index contributed by atoms with van der Waals surface area (Å²) in [5, 5.41) is 4.56. The zero-order valence-corrected chi connectivity index (χ0v) is 22.5. The predicted molar refractivity (Wildman–Crippen MR) is 153 cm³/mol. The Labute approximate surface area is 235 Å². The van der Waals surface area contributed by atoms with Crippen LogP contribution in [0.2, 0.25) is 0 Å². The second-order valence-corrected chi connectivity index (χ2v) is 10.7. The smallest absolute Gasteiger partial charge is 0.259 e. The Bertz CT molecular complexity index is 1770. The molecule has 210 valence electrons.